The SMILES string of the molecule is CN(C(=O)NCc1ccccc1Cl)[C@@H](CCCCO)COC(=O)Nc1cc2cc(F)ccc2cn1. The van der Waals surface area contributed by atoms with Gasteiger partial charge >= 0.3 is 12.1 Å². The number of amides is 3. The van der Waals surface area contributed by atoms with Crippen molar-refractivity contribution >= 4 is 40.3 Å². The maximum absolute atomic E-state index is 13.5. The lowest BCUT2D eigenvalue weighted by Gasteiger charge is -2.28. The predicted octanol–water partition coefficient (Wildman–Crippen LogP) is 4.95. The van der Waals surface area contributed by atoms with Crippen LogP contribution in [0.5, 0.6) is 0 Å². The van der Waals surface area contributed by atoms with Gasteiger partial charge in [0.15, 0.2) is 0 Å². The Balaban J connectivity index is 1.57. The number of likely N-dealkylation sites (N-methyl/N-ethyl adjacent to an activating group) is 1. The molecule has 0 saturated carbocycles. The van der Waals surface area contributed by atoms with E-state index in [2.05, 4.69) is 15.6 Å². The van der Waals surface area contributed by atoms with E-state index in [9.17, 15) is 14.0 Å². The highest BCUT2D eigenvalue weighted by Crippen LogP contribution is 2.18. The fourth-order valence-electron chi connectivity index (χ4n) is 3.48. The van der Waals surface area contributed by atoms with Gasteiger partial charge in [0.25, 0.3) is 0 Å². The summed E-state index contributed by atoms with van der Waals surface area (Å²) in [6.07, 6.45) is 2.52. The van der Waals surface area contributed by atoms with Crippen LogP contribution in [-0.4, -0.2) is 53.4 Å². The van der Waals surface area contributed by atoms with E-state index in [0.717, 1.165) is 10.9 Å². The first-order chi connectivity index (χ1) is 16.9. The molecule has 1 atom stereocenters. The van der Waals surface area contributed by atoms with Crippen LogP contribution in [0.3, 0.4) is 0 Å². The smallest absolute Gasteiger partial charge is 0.412 e. The van der Waals surface area contributed by atoms with Gasteiger partial charge in [-0.2, -0.15) is 0 Å². The number of carbonyl (C=O) groups excluding carboxylic acids is 2. The summed E-state index contributed by atoms with van der Waals surface area (Å²) in [5, 5.41) is 16.3. The number of aliphatic hydroxyl groups is 1. The zero-order valence-electron chi connectivity index (χ0n) is 19.3. The molecular weight excluding hydrogens is 475 g/mol. The summed E-state index contributed by atoms with van der Waals surface area (Å²) in [5.74, 6) is -0.172. The van der Waals surface area contributed by atoms with Gasteiger partial charge in [-0.1, -0.05) is 29.8 Å². The molecule has 0 spiro atoms. The van der Waals surface area contributed by atoms with E-state index in [1.54, 1.807) is 25.2 Å². The van der Waals surface area contributed by atoms with E-state index in [1.807, 2.05) is 18.2 Å². The summed E-state index contributed by atoms with van der Waals surface area (Å²) in [7, 11) is 1.62. The van der Waals surface area contributed by atoms with Crippen LogP contribution in [-0.2, 0) is 11.3 Å². The summed E-state index contributed by atoms with van der Waals surface area (Å²) in [4.78, 5) is 30.7. The zero-order valence-corrected chi connectivity index (χ0v) is 20.1. The number of aromatic nitrogens is 1. The van der Waals surface area contributed by atoms with Crippen molar-refractivity contribution in [1.82, 2.24) is 15.2 Å². The molecule has 3 rings (SSSR count). The Morgan fingerprint density at radius 2 is 1.97 bits per heavy atom. The van der Waals surface area contributed by atoms with Crippen LogP contribution in [0.2, 0.25) is 5.02 Å². The van der Waals surface area contributed by atoms with E-state index >= 15 is 0 Å². The Morgan fingerprint density at radius 3 is 2.74 bits per heavy atom. The third-order valence-corrected chi connectivity index (χ3v) is 5.89. The number of rotatable bonds is 10. The van der Waals surface area contributed by atoms with E-state index in [4.69, 9.17) is 21.4 Å². The summed E-state index contributed by atoms with van der Waals surface area (Å²) in [5.41, 5.74) is 0.783. The van der Waals surface area contributed by atoms with Crippen molar-refractivity contribution in [3.8, 4) is 0 Å². The standard InChI is InChI=1S/C25H28ClFN4O4/c1-31(24(33)29-15-18-6-2-3-8-22(18)26)21(7-4-5-11-32)16-35-25(34)30-23-13-19-12-20(27)10-9-17(19)14-28-23/h2-3,6,8-10,12-14,21,32H,4-5,7,11,15-16H2,1H3,(H,29,33)(H,28,30,34)/t21-/m0/s1. The second-order valence-corrected chi connectivity index (χ2v) is 8.43. The molecule has 3 aromatic rings. The first-order valence-corrected chi connectivity index (χ1v) is 11.6. The third-order valence-electron chi connectivity index (χ3n) is 5.52. The molecule has 0 aliphatic heterocycles. The number of pyridine rings is 1. The third kappa shape index (κ3) is 7.80. The lowest BCUT2D eigenvalue weighted by atomic mass is 10.1. The van der Waals surface area contributed by atoms with E-state index < -0.39 is 18.0 Å². The van der Waals surface area contributed by atoms with Gasteiger partial charge in [0.2, 0.25) is 0 Å². The molecule has 8 nitrogen and oxygen atoms in total. The summed E-state index contributed by atoms with van der Waals surface area (Å²) >= 11 is 6.15. The number of aliphatic hydroxyl groups excluding tert-OH is 1. The Morgan fingerprint density at radius 1 is 1.17 bits per heavy atom. The van der Waals surface area contributed by atoms with Gasteiger partial charge in [0.1, 0.15) is 18.2 Å². The number of unbranched alkanes of at least 4 members (excludes halogenated alkanes) is 1. The number of nitrogens with zero attached hydrogens (tertiary/aromatic N) is 2. The molecule has 0 aliphatic carbocycles. The van der Waals surface area contributed by atoms with Crippen molar-refractivity contribution < 1.29 is 23.8 Å². The van der Waals surface area contributed by atoms with Crippen molar-refractivity contribution in [2.45, 2.75) is 31.8 Å². The number of anilines is 1. The average Bonchev–Trinajstić information content (AvgIpc) is 2.84. The zero-order chi connectivity index (χ0) is 25.2. The Labute approximate surface area is 208 Å². The highest BCUT2D eigenvalue weighted by Gasteiger charge is 2.22. The first-order valence-electron chi connectivity index (χ1n) is 11.2. The molecule has 3 N–H and O–H groups in total. The summed E-state index contributed by atoms with van der Waals surface area (Å²) < 4.78 is 18.8. The minimum absolute atomic E-state index is 0.0324. The average molecular weight is 503 g/mol. The molecular formula is C25H28ClFN4O4. The van der Waals surface area contributed by atoms with Gasteiger partial charge in [0.05, 0.1) is 6.04 Å². The molecule has 0 unspecified atom stereocenters. The number of halogens is 2. The lowest BCUT2D eigenvalue weighted by molar-refractivity contribution is 0.112. The molecule has 0 saturated heterocycles. The van der Waals surface area contributed by atoms with Gasteiger partial charge in [0, 0.05) is 36.8 Å². The van der Waals surface area contributed by atoms with Crippen LogP contribution in [0.1, 0.15) is 24.8 Å². The minimum atomic E-state index is -0.745. The quantitative estimate of drug-likeness (QED) is 0.340. The summed E-state index contributed by atoms with van der Waals surface area (Å²) in [6.45, 7) is 0.224. The predicted molar refractivity (Wildman–Crippen MR) is 133 cm³/mol. The molecule has 186 valence electrons. The minimum Gasteiger partial charge on any atom is -0.447 e. The maximum atomic E-state index is 13.5. The monoisotopic (exact) mass is 502 g/mol. The number of urea groups is 1. The highest BCUT2D eigenvalue weighted by atomic mass is 35.5. The molecule has 1 heterocycles. The molecule has 0 radical (unpaired) electrons. The molecule has 3 amide bonds. The van der Waals surface area contributed by atoms with Crippen LogP contribution in [0.15, 0.2) is 54.7 Å². The second kappa shape index (κ2) is 12.9. The number of hydrogen-bond donors (Lipinski definition) is 3. The van der Waals surface area contributed by atoms with E-state index in [0.29, 0.717) is 29.7 Å². The van der Waals surface area contributed by atoms with E-state index in [-0.39, 0.29) is 31.6 Å². The van der Waals surface area contributed by atoms with Crippen molar-refractivity contribution in [2.24, 2.45) is 0 Å². The van der Waals surface area contributed by atoms with Crippen molar-refractivity contribution in [2.75, 3.05) is 25.6 Å². The topological polar surface area (TPSA) is 104 Å². The number of ether oxygens (including phenoxy) is 1. The Kier molecular flexibility index (Phi) is 9.63. The van der Waals surface area contributed by atoms with Gasteiger partial charge < -0.3 is 20.1 Å². The first kappa shape index (κ1) is 26.2. The molecule has 10 heteroatoms. The fraction of sp³-hybridized carbons (Fsp3) is 0.320. The molecule has 35 heavy (non-hydrogen) atoms. The van der Waals surface area contributed by atoms with Crippen LogP contribution in [0.4, 0.5) is 19.8 Å². The normalized spacial score (nSPS) is 11.7. The highest BCUT2D eigenvalue weighted by molar-refractivity contribution is 6.31. The Hall–Kier alpha value is -3.43. The lowest BCUT2D eigenvalue weighted by Crippen LogP contribution is -2.46. The molecule has 0 fully saturated rings. The van der Waals surface area contributed by atoms with Crippen LogP contribution in [0.25, 0.3) is 10.8 Å². The largest absolute Gasteiger partial charge is 0.447 e. The Bertz CT molecular complexity index is 1160. The number of carbonyl (C=O) groups is 2. The van der Waals surface area contributed by atoms with Crippen molar-refractivity contribution in [3.63, 3.8) is 0 Å². The second-order valence-electron chi connectivity index (χ2n) is 8.02. The molecule has 0 aliphatic rings. The number of hydrogen-bond acceptors (Lipinski definition) is 5. The number of fused-ring (bicyclic) bond motifs is 1. The molecule has 2 aromatic carbocycles. The van der Waals surface area contributed by atoms with Gasteiger partial charge in [-0.3, -0.25) is 5.32 Å². The van der Waals surface area contributed by atoms with Crippen LogP contribution >= 0.6 is 11.6 Å². The number of benzene rings is 2. The number of nitrogens with one attached hydrogen (secondary N) is 2. The summed E-state index contributed by atoms with van der Waals surface area (Å²) in [6, 6.07) is 12.3. The van der Waals surface area contributed by atoms with Crippen LogP contribution in [0, 0.1) is 5.82 Å². The van der Waals surface area contributed by atoms with E-state index in [1.165, 1.54) is 23.2 Å². The van der Waals surface area contributed by atoms with Gasteiger partial charge in [-0.25, -0.2) is 19.0 Å². The van der Waals surface area contributed by atoms with Gasteiger partial charge in [-0.05, 0) is 60.5 Å². The van der Waals surface area contributed by atoms with Crippen molar-refractivity contribution in [1.29, 1.82) is 0 Å². The maximum Gasteiger partial charge on any atom is 0.412 e. The van der Waals surface area contributed by atoms with Gasteiger partial charge in [-0.15, -0.1) is 0 Å². The molecule has 1 aromatic heterocycles. The fourth-order valence-corrected chi connectivity index (χ4v) is 3.68. The van der Waals surface area contributed by atoms with Crippen molar-refractivity contribution in [3.05, 3.63) is 71.1 Å². The molecule has 0 bridgehead atoms. The van der Waals surface area contributed by atoms with Crippen LogP contribution < -0.4 is 10.6 Å².